The summed E-state index contributed by atoms with van der Waals surface area (Å²) in [7, 11) is 1.76. The zero-order valence-corrected chi connectivity index (χ0v) is 14.4. The summed E-state index contributed by atoms with van der Waals surface area (Å²) in [6.45, 7) is 3.03. The van der Waals surface area contributed by atoms with Crippen molar-refractivity contribution in [2.75, 3.05) is 33.3 Å². The maximum atomic E-state index is 12.2. The fourth-order valence-electron chi connectivity index (χ4n) is 2.96. The van der Waals surface area contributed by atoms with Crippen LogP contribution in [-0.4, -0.2) is 60.3 Å². The summed E-state index contributed by atoms with van der Waals surface area (Å²) in [6, 6.07) is 7.67. The molecule has 1 aromatic rings. The fourth-order valence-corrected chi connectivity index (χ4v) is 3.15. The van der Waals surface area contributed by atoms with Gasteiger partial charge in [0.2, 0.25) is 0 Å². The van der Waals surface area contributed by atoms with Gasteiger partial charge in [0.1, 0.15) is 0 Å². The van der Waals surface area contributed by atoms with Crippen LogP contribution in [0.1, 0.15) is 24.8 Å². The molecule has 1 unspecified atom stereocenters. The van der Waals surface area contributed by atoms with Gasteiger partial charge in [0, 0.05) is 37.7 Å². The summed E-state index contributed by atoms with van der Waals surface area (Å²) in [6.07, 6.45) is 3.38. The van der Waals surface area contributed by atoms with Gasteiger partial charge in [-0.1, -0.05) is 36.2 Å². The molecule has 128 valence electrons. The molecule has 0 bridgehead atoms. The molecule has 5 nitrogen and oxygen atoms in total. The second-order valence-electron chi connectivity index (χ2n) is 6.05. The molecule has 0 radical (unpaired) electrons. The fraction of sp³-hybridized carbons (Fsp3) is 0.588. The van der Waals surface area contributed by atoms with Crippen LogP contribution in [0.3, 0.4) is 0 Å². The van der Waals surface area contributed by atoms with Crippen molar-refractivity contribution < 1.29 is 9.90 Å². The van der Waals surface area contributed by atoms with Crippen LogP contribution in [0.15, 0.2) is 24.3 Å². The maximum Gasteiger partial charge on any atom is 0.317 e. The molecule has 6 heteroatoms. The molecular formula is C17H26ClN3O2. The molecule has 0 spiro atoms. The molecule has 1 atom stereocenters. The minimum atomic E-state index is -0.109. The lowest BCUT2D eigenvalue weighted by Gasteiger charge is -2.34. The van der Waals surface area contributed by atoms with Crippen LogP contribution in [0.5, 0.6) is 0 Å². The number of aliphatic hydroxyl groups is 1. The Morgan fingerprint density at radius 3 is 2.96 bits per heavy atom. The quantitative estimate of drug-likeness (QED) is 0.836. The number of halogens is 1. The van der Waals surface area contributed by atoms with Crippen LogP contribution < -0.4 is 5.32 Å². The highest BCUT2D eigenvalue weighted by Crippen LogP contribution is 2.17. The van der Waals surface area contributed by atoms with Gasteiger partial charge in [-0.25, -0.2) is 4.79 Å². The Bertz CT molecular complexity index is 512. The highest BCUT2D eigenvalue weighted by atomic mass is 35.5. The molecule has 1 aliphatic heterocycles. The van der Waals surface area contributed by atoms with Crippen molar-refractivity contribution in [2.24, 2.45) is 0 Å². The lowest BCUT2D eigenvalue weighted by molar-refractivity contribution is 0.0911. The number of carbonyl (C=O) groups is 1. The van der Waals surface area contributed by atoms with Crippen LogP contribution in [0.2, 0.25) is 5.02 Å². The number of aliphatic hydroxyl groups excluding tert-OH is 1. The standard InChI is InChI=1S/C17H26ClN3O2/c1-20(12-14-6-2-3-8-16(14)18)17(23)19-9-11-21-10-5-4-7-15(21)13-22/h2-3,6,8,15,22H,4-5,7,9-13H2,1H3,(H,19,23). The van der Waals surface area contributed by atoms with Gasteiger partial charge in [0.05, 0.1) is 6.61 Å². The van der Waals surface area contributed by atoms with Gasteiger partial charge in [-0.15, -0.1) is 0 Å². The molecule has 23 heavy (non-hydrogen) atoms. The van der Waals surface area contributed by atoms with Crippen molar-refractivity contribution in [1.82, 2.24) is 15.1 Å². The third-order valence-corrected chi connectivity index (χ3v) is 4.72. The summed E-state index contributed by atoms with van der Waals surface area (Å²) in [5.41, 5.74) is 0.934. The molecule has 0 aromatic heterocycles. The molecule has 0 aliphatic carbocycles. The van der Waals surface area contributed by atoms with Crippen molar-refractivity contribution in [3.05, 3.63) is 34.9 Å². The predicted octanol–water partition coefficient (Wildman–Crippen LogP) is 2.33. The lowest BCUT2D eigenvalue weighted by atomic mass is 10.0. The number of likely N-dealkylation sites (tertiary alicyclic amines) is 1. The van der Waals surface area contributed by atoms with E-state index in [1.165, 1.54) is 6.42 Å². The molecular weight excluding hydrogens is 314 g/mol. The Morgan fingerprint density at radius 1 is 1.43 bits per heavy atom. The Hall–Kier alpha value is -1.30. The van der Waals surface area contributed by atoms with Crippen LogP contribution in [0.4, 0.5) is 4.79 Å². The molecule has 2 amide bonds. The number of nitrogens with zero attached hydrogens (tertiary/aromatic N) is 2. The van der Waals surface area contributed by atoms with Gasteiger partial charge >= 0.3 is 6.03 Å². The zero-order valence-electron chi connectivity index (χ0n) is 13.7. The Balaban J connectivity index is 1.74. The van der Waals surface area contributed by atoms with Crippen molar-refractivity contribution in [3.8, 4) is 0 Å². The number of benzene rings is 1. The largest absolute Gasteiger partial charge is 0.395 e. The minimum Gasteiger partial charge on any atom is -0.395 e. The Labute approximate surface area is 143 Å². The monoisotopic (exact) mass is 339 g/mol. The highest BCUT2D eigenvalue weighted by Gasteiger charge is 2.21. The predicted molar refractivity (Wildman–Crippen MR) is 92.6 cm³/mol. The number of hydrogen-bond acceptors (Lipinski definition) is 3. The van der Waals surface area contributed by atoms with E-state index in [1.54, 1.807) is 11.9 Å². The Kier molecular flexibility index (Phi) is 7.15. The van der Waals surface area contributed by atoms with Gasteiger partial charge in [-0.3, -0.25) is 4.90 Å². The first-order chi connectivity index (χ1) is 11.1. The summed E-state index contributed by atoms with van der Waals surface area (Å²) in [5, 5.41) is 13.0. The van der Waals surface area contributed by atoms with Gasteiger partial charge in [-0.2, -0.15) is 0 Å². The van der Waals surface area contributed by atoms with E-state index in [2.05, 4.69) is 10.2 Å². The van der Waals surface area contributed by atoms with Crippen LogP contribution in [0, 0.1) is 0 Å². The number of nitrogens with one attached hydrogen (secondary N) is 1. The number of amides is 2. The maximum absolute atomic E-state index is 12.2. The van der Waals surface area contributed by atoms with Crippen LogP contribution >= 0.6 is 11.6 Å². The summed E-state index contributed by atoms with van der Waals surface area (Å²) >= 11 is 6.12. The van der Waals surface area contributed by atoms with Crippen molar-refractivity contribution in [3.63, 3.8) is 0 Å². The van der Waals surface area contributed by atoms with Gasteiger partial charge in [-0.05, 0) is 31.0 Å². The second-order valence-corrected chi connectivity index (χ2v) is 6.45. The number of urea groups is 1. The van der Waals surface area contributed by atoms with E-state index < -0.39 is 0 Å². The number of carbonyl (C=O) groups excluding carboxylic acids is 1. The average molecular weight is 340 g/mol. The average Bonchev–Trinajstić information content (AvgIpc) is 2.57. The number of hydrogen-bond donors (Lipinski definition) is 2. The van der Waals surface area contributed by atoms with E-state index in [0.717, 1.165) is 31.5 Å². The molecule has 2 N–H and O–H groups in total. The van der Waals surface area contributed by atoms with E-state index in [0.29, 0.717) is 18.1 Å². The molecule has 1 fully saturated rings. The summed E-state index contributed by atoms with van der Waals surface area (Å²) in [5.74, 6) is 0. The van der Waals surface area contributed by atoms with Gasteiger partial charge in [0.15, 0.2) is 0 Å². The second kappa shape index (κ2) is 9.11. The number of rotatable bonds is 6. The smallest absolute Gasteiger partial charge is 0.317 e. The molecule has 1 heterocycles. The number of piperidine rings is 1. The minimum absolute atomic E-state index is 0.109. The van der Waals surface area contributed by atoms with Crippen molar-refractivity contribution in [1.29, 1.82) is 0 Å². The van der Waals surface area contributed by atoms with Crippen LogP contribution in [0.25, 0.3) is 0 Å². The molecule has 1 aromatic carbocycles. The normalized spacial score (nSPS) is 18.7. The van der Waals surface area contributed by atoms with E-state index in [9.17, 15) is 9.90 Å². The summed E-state index contributed by atoms with van der Waals surface area (Å²) in [4.78, 5) is 16.0. The van der Waals surface area contributed by atoms with E-state index in [1.807, 2.05) is 24.3 Å². The topological polar surface area (TPSA) is 55.8 Å². The SMILES string of the molecule is CN(Cc1ccccc1Cl)C(=O)NCCN1CCCCC1CO. The van der Waals surface area contributed by atoms with Crippen molar-refractivity contribution >= 4 is 17.6 Å². The first kappa shape index (κ1) is 18.0. The third-order valence-electron chi connectivity index (χ3n) is 4.35. The van der Waals surface area contributed by atoms with Gasteiger partial charge < -0.3 is 15.3 Å². The van der Waals surface area contributed by atoms with Gasteiger partial charge in [0.25, 0.3) is 0 Å². The van der Waals surface area contributed by atoms with E-state index >= 15 is 0 Å². The Morgan fingerprint density at radius 2 is 2.22 bits per heavy atom. The molecule has 2 rings (SSSR count). The van der Waals surface area contributed by atoms with Crippen molar-refractivity contribution in [2.45, 2.75) is 31.8 Å². The molecule has 0 saturated carbocycles. The molecule has 1 saturated heterocycles. The zero-order chi connectivity index (χ0) is 16.7. The van der Waals surface area contributed by atoms with Crippen LogP contribution in [-0.2, 0) is 6.54 Å². The first-order valence-electron chi connectivity index (χ1n) is 8.19. The van der Waals surface area contributed by atoms with E-state index in [-0.39, 0.29) is 18.7 Å². The third kappa shape index (κ3) is 5.37. The lowest BCUT2D eigenvalue weighted by Crippen LogP contribution is -2.47. The highest BCUT2D eigenvalue weighted by molar-refractivity contribution is 6.31. The summed E-state index contributed by atoms with van der Waals surface area (Å²) < 4.78 is 0. The molecule has 1 aliphatic rings. The van der Waals surface area contributed by atoms with E-state index in [4.69, 9.17) is 11.6 Å². The first-order valence-corrected chi connectivity index (χ1v) is 8.57.